The van der Waals surface area contributed by atoms with Gasteiger partial charge >= 0.3 is 24.0 Å². The van der Waals surface area contributed by atoms with Crippen molar-refractivity contribution in [2.75, 3.05) is 4.90 Å². The minimum Gasteiger partial charge on any atom is -0.269 e. The third-order valence-corrected chi connectivity index (χ3v) is 2.65. The topological polar surface area (TPSA) is 66.5 Å². The summed E-state index contributed by atoms with van der Waals surface area (Å²) in [6.45, 7) is 0. The Hall–Kier alpha value is -2.09. The molecule has 0 aromatic heterocycles. The van der Waals surface area contributed by atoms with E-state index in [1.165, 1.54) is 0 Å². The van der Waals surface area contributed by atoms with Gasteiger partial charge in [0.2, 0.25) is 0 Å². The van der Waals surface area contributed by atoms with Gasteiger partial charge in [-0.2, -0.15) is 13.2 Å². The molecule has 1 aromatic carbocycles. The van der Waals surface area contributed by atoms with Crippen molar-refractivity contribution >= 4 is 35.1 Å². The lowest BCUT2D eigenvalue weighted by atomic mass is 10.2. The number of rotatable bonds is 1. The minimum absolute atomic E-state index is 0.258. The van der Waals surface area contributed by atoms with E-state index in [-0.39, 0.29) is 9.92 Å². The van der Waals surface area contributed by atoms with Crippen LogP contribution in [0.4, 0.5) is 23.7 Å². The molecule has 1 saturated heterocycles. The van der Waals surface area contributed by atoms with E-state index in [1.54, 1.807) is 5.32 Å². The van der Waals surface area contributed by atoms with Crippen LogP contribution in [0.3, 0.4) is 0 Å². The Morgan fingerprint density at radius 1 is 1.16 bits per heavy atom. The van der Waals surface area contributed by atoms with Gasteiger partial charge in [0.25, 0.3) is 0 Å². The first-order valence-electron chi connectivity index (χ1n) is 4.78. The summed E-state index contributed by atoms with van der Waals surface area (Å²) in [4.78, 5) is 34.0. The number of anilines is 1. The number of hydrogen-bond donors (Lipinski definition) is 1. The number of nitrogens with one attached hydrogen (secondary N) is 1. The SMILES string of the molecule is O=C1NC(=O)N(c2cc(C(F)(F)F)ccc2Cl)C1=O. The Labute approximate surface area is 108 Å². The van der Waals surface area contributed by atoms with Crippen LogP contribution in [0.25, 0.3) is 0 Å². The van der Waals surface area contributed by atoms with Crippen LogP contribution < -0.4 is 10.2 Å². The fourth-order valence-corrected chi connectivity index (χ4v) is 1.68. The van der Waals surface area contributed by atoms with Gasteiger partial charge in [0.1, 0.15) is 0 Å². The van der Waals surface area contributed by atoms with Crippen LogP contribution in [0.2, 0.25) is 5.02 Å². The van der Waals surface area contributed by atoms with Gasteiger partial charge < -0.3 is 0 Å². The molecule has 1 aromatic rings. The molecule has 5 nitrogen and oxygen atoms in total. The molecule has 2 rings (SSSR count). The quantitative estimate of drug-likeness (QED) is 0.635. The molecule has 1 N–H and O–H groups in total. The number of imide groups is 2. The van der Waals surface area contributed by atoms with Gasteiger partial charge in [0, 0.05) is 0 Å². The molecule has 0 bridgehead atoms. The zero-order valence-corrected chi connectivity index (χ0v) is 9.67. The molecule has 0 radical (unpaired) electrons. The van der Waals surface area contributed by atoms with Crippen molar-refractivity contribution in [1.29, 1.82) is 0 Å². The summed E-state index contributed by atoms with van der Waals surface area (Å²) < 4.78 is 37.6. The highest BCUT2D eigenvalue weighted by atomic mass is 35.5. The van der Waals surface area contributed by atoms with Crippen LogP contribution in [0.15, 0.2) is 18.2 Å². The first-order valence-corrected chi connectivity index (χ1v) is 5.16. The molecular weight excluding hydrogens is 289 g/mol. The highest BCUT2D eigenvalue weighted by molar-refractivity contribution is 6.53. The van der Waals surface area contributed by atoms with E-state index in [2.05, 4.69) is 0 Å². The summed E-state index contributed by atoms with van der Waals surface area (Å²) in [5.74, 6) is -2.51. The van der Waals surface area contributed by atoms with Gasteiger partial charge in [0.05, 0.1) is 16.3 Å². The summed E-state index contributed by atoms with van der Waals surface area (Å²) in [6.07, 6.45) is -4.66. The van der Waals surface area contributed by atoms with Crippen molar-refractivity contribution in [3.63, 3.8) is 0 Å². The number of hydrogen-bond acceptors (Lipinski definition) is 3. The van der Waals surface area contributed by atoms with Crippen molar-refractivity contribution in [3.05, 3.63) is 28.8 Å². The maximum Gasteiger partial charge on any atom is 0.416 e. The van der Waals surface area contributed by atoms with Crippen molar-refractivity contribution < 1.29 is 27.6 Å². The van der Waals surface area contributed by atoms with E-state index in [4.69, 9.17) is 11.6 Å². The van der Waals surface area contributed by atoms with E-state index in [9.17, 15) is 27.6 Å². The summed E-state index contributed by atoms with van der Waals surface area (Å²) in [5, 5.41) is 1.40. The Balaban J connectivity index is 2.54. The van der Waals surface area contributed by atoms with Crippen LogP contribution in [-0.2, 0) is 15.8 Å². The normalized spacial score (nSPS) is 16.0. The van der Waals surface area contributed by atoms with E-state index >= 15 is 0 Å². The molecular formula is C10H4ClF3N2O3. The highest BCUT2D eigenvalue weighted by Gasteiger charge is 2.40. The van der Waals surface area contributed by atoms with Gasteiger partial charge in [-0.25, -0.2) is 9.69 Å². The van der Waals surface area contributed by atoms with Gasteiger partial charge in [0.15, 0.2) is 0 Å². The minimum atomic E-state index is -4.66. The third kappa shape index (κ3) is 2.26. The largest absolute Gasteiger partial charge is 0.416 e. The van der Waals surface area contributed by atoms with E-state index in [1.807, 2.05) is 0 Å². The van der Waals surface area contributed by atoms with Crippen molar-refractivity contribution in [3.8, 4) is 0 Å². The molecule has 0 saturated carbocycles. The average molecular weight is 293 g/mol. The van der Waals surface area contributed by atoms with Crippen LogP contribution in [0.1, 0.15) is 5.56 Å². The second-order valence-electron chi connectivity index (χ2n) is 3.56. The maximum atomic E-state index is 12.5. The number of urea groups is 1. The number of amides is 4. The second kappa shape index (κ2) is 4.23. The number of carbonyl (C=O) groups excluding carboxylic acids is 3. The van der Waals surface area contributed by atoms with Crippen LogP contribution >= 0.6 is 11.6 Å². The number of alkyl halides is 3. The Morgan fingerprint density at radius 2 is 1.79 bits per heavy atom. The van der Waals surface area contributed by atoms with Crippen LogP contribution in [-0.4, -0.2) is 17.8 Å². The van der Waals surface area contributed by atoms with E-state index in [0.717, 1.165) is 6.07 Å². The molecule has 100 valence electrons. The van der Waals surface area contributed by atoms with Crippen molar-refractivity contribution in [1.82, 2.24) is 5.32 Å². The molecule has 1 aliphatic heterocycles. The van der Waals surface area contributed by atoms with Gasteiger partial charge in [-0.3, -0.25) is 14.9 Å². The van der Waals surface area contributed by atoms with Crippen molar-refractivity contribution in [2.45, 2.75) is 6.18 Å². The lowest BCUT2D eigenvalue weighted by Crippen LogP contribution is -2.31. The Kier molecular flexibility index (Phi) is 2.97. The standard InChI is InChI=1S/C10H4ClF3N2O3/c11-5-2-1-4(10(12,13)14)3-6(5)16-8(18)7(17)15-9(16)19/h1-3H,(H,15,17,19). The third-order valence-electron chi connectivity index (χ3n) is 2.34. The molecule has 0 atom stereocenters. The first-order chi connectivity index (χ1) is 8.71. The van der Waals surface area contributed by atoms with Gasteiger partial charge in [-0.15, -0.1) is 0 Å². The number of benzene rings is 1. The fourth-order valence-electron chi connectivity index (χ4n) is 1.48. The van der Waals surface area contributed by atoms with E-state index in [0.29, 0.717) is 12.1 Å². The lowest BCUT2D eigenvalue weighted by Gasteiger charge is -2.15. The first kappa shape index (κ1) is 13.3. The lowest BCUT2D eigenvalue weighted by molar-refractivity contribution is -0.137. The van der Waals surface area contributed by atoms with Gasteiger partial charge in [-0.05, 0) is 18.2 Å². The molecule has 1 fully saturated rings. The molecule has 19 heavy (non-hydrogen) atoms. The summed E-state index contributed by atoms with van der Waals surface area (Å²) in [6, 6.07) is 0.976. The predicted molar refractivity (Wildman–Crippen MR) is 57.5 cm³/mol. The Morgan fingerprint density at radius 3 is 2.26 bits per heavy atom. The molecule has 1 aliphatic rings. The van der Waals surface area contributed by atoms with E-state index < -0.39 is 35.3 Å². The smallest absolute Gasteiger partial charge is 0.269 e. The molecule has 0 spiro atoms. The summed E-state index contributed by atoms with van der Waals surface area (Å²) in [5.41, 5.74) is -1.59. The highest BCUT2D eigenvalue weighted by Crippen LogP contribution is 2.36. The number of nitrogens with zero attached hydrogens (tertiary/aromatic N) is 1. The fraction of sp³-hybridized carbons (Fsp3) is 0.100. The molecule has 1 heterocycles. The maximum absolute atomic E-state index is 12.5. The van der Waals surface area contributed by atoms with Crippen LogP contribution in [0.5, 0.6) is 0 Å². The van der Waals surface area contributed by atoms with Gasteiger partial charge in [-0.1, -0.05) is 11.6 Å². The zero-order valence-electron chi connectivity index (χ0n) is 8.92. The monoisotopic (exact) mass is 292 g/mol. The van der Waals surface area contributed by atoms with Crippen molar-refractivity contribution in [2.24, 2.45) is 0 Å². The average Bonchev–Trinajstić information content (AvgIpc) is 2.53. The zero-order chi connectivity index (χ0) is 14.4. The van der Waals surface area contributed by atoms with Crippen LogP contribution in [0, 0.1) is 0 Å². The number of halogens is 4. The second-order valence-corrected chi connectivity index (χ2v) is 3.97. The number of carbonyl (C=O) groups is 3. The molecule has 9 heteroatoms. The Bertz CT molecular complexity index is 600. The molecule has 4 amide bonds. The predicted octanol–water partition coefficient (Wildman–Crippen LogP) is 1.94. The molecule has 0 unspecified atom stereocenters. The summed E-state index contributed by atoms with van der Waals surface area (Å²) in [7, 11) is 0. The molecule has 0 aliphatic carbocycles. The summed E-state index contributed by atoms with van der Waals surface area (Å²) >= 11 is 5.65.